The van der Waals surface area contributed by atoms with E-state index >= 15 is 0 Å². The molecule has 0 fully saturated rings. The van der Waals surface area contributed by atoms with Crippen molar-refractivity contribution in [1.82, 2.24) is 9.47 Å². The summed E-state index contributed by atoms with van der Waals surface area (Å²) in [5.74, 6) is -0.190. The van der Waals surface area contributed by atoms with E-state index in [9.17, 15) is 4.39 Å². The number of nitrogens with zero attached hydrogens (tertiary/aromatic N) is 2. The van der Waals surface area contributed by atoms with Crippen LogP contribution in [-0.2, 0) is 13.0 Å². The Labute approximate surface area is 152 Å². The Hall–Kier alpha value is -2.10. The zero-order valence-corrected chi connectivity index (χ0v) is 15.1. The van der Waals surface area contributed by atoms with Gasteiger partial charge < -0.3 is 9.47 Å². The first kappa shape index (κ1) is 16.4. The Bertz CT molecular complexity index is 987. The Morgan fingerprint density at radius 3 is 2.80 bits per heavy atom. The summed E-state index contributed by atoms with van der Waals surface area (Å²) in [6.45, 7) is 3.89. The predicted octanol–water partition coefficient (Wildman–Crippen LogP) is 5.44. The zero-order chi connectivity index (χ0) is 17.6. The highest BCUT2D eigenvalue weighted by molar-refractivity contribution is 6.31. The maximum atomic E-state index is 14.2. The van der Waals surface area contributed by atoms with Crippen LogP contribution < -0.4 is 0 Å². The first-order valence-corrected chi connectivity index (χ1v) is 8.85. The molecule has 0 spiro atoms. The van der Waals surface area contributed by atoms with Crippen LogP contribution in [0, 0.1) is 5.82 Å². The van der Waals surface area contributed by atoms with Crippen molar-refractivity contribution in [2.75, 3.05) is 13.6 Å². The number of rotatable bonds is 2. The SMILES string of the molecule is CC(=Cn1c2c(c3cc(Cl)ccc31)CN(C)CC2)c1ccccc1F. The van der Waals surface area contributed by atoms with E-state index < -0.39 is 0 Å². The number of halogens is 2. The van der Waals surface area contributed by atoms with Crippen molar-refractivity contribution in [3.05, 3.63) is 70.1 Å². The molecule has 0 saturated heterocycles. The summed E-state index contributed by atoms with van der Waals surface area (Å²) in [6.07, 6.45) is 3.03. The van der Waals surface area contributed by atoms with Gasteiger partial charge in [-0.05, 0) is 49.4 Å². The summed E-state index contributed by atoms with van der Waals surface area (Å²) >= 11 is 6.24. The second-order valence-electron chi connectivity index (χ2n) is 6.74. The van der Waals surface area contributed by atoms with Gasteiger partial charge in [-0.15, -0.1) is 0 Å². The first-order chi connectivity index (χ1) is 12.0. The number of aromatic nitrogens is 1. The quantitative estimate of drug-likeness (QED) is 0.595. The predicted molar refractivity (Wildman–Crippen MR) is 103 cm³/mol. The largest absolute Gasteiger partial charge is 0.320 e. The van der Waals surface area contributed by atoms with E-state index in [4.69, 9.17) is 11.6 Å². The molecule has 0 unspecified atom stereocenters. The third kappa shape index (κ3) is 2.88. The van der Waals surface area contributed by atoms with Crippen LogP contribution in [0.5, 0.6) is 0 Å². The zero-order valence-electron chi connectivity index (χ0n) is 14.4. The summed E-state index contributed by atoms with van der Waals surface area (Å²) in [5.41, 5.74) is 5.29. The lowest BCUT2D eigenvalue weighted by Gasteiger charge is -2.23. The van der Waals surface area contributed by atoms with Gasteiger partial charge in [0.05, 0.1) is 5.52 Å². The molecule has 4 rings (SSSR count). The van der Waals surface area contributed by atoms with Crippen LogP contribution >= 0.6 is 11.6 Å². The average Bonchev–Trinajstić information content (AvgIpc) is 2.88. The van der Waals surface area contributed by atoms with Gasteiger partial charge in [-0.25, -0.2) is 4.39 Å². The van der Waals surface area contributed by atoms with Gasteiger partial charge in [0.25, 0.3) is 0 Å². The standard InChI is InChI=1S/C21H20ClFN2/c1-14(16-5-3-4-6-19(16)23)12-25-20-8-7-15(22)11-17(20)18-13-24(2)10-9-21(18)25/h3-8,11-12H,9-10,13H2,1-2H3. The van der Waals surface area contributed by atoms with E-state index in [0.717, 1.165) is 35.6 Å². The van der Waals surface area contributed by atoms with Crippen LogP contribution in [0.1, 0.15) is 23.7 Å². The smallest absolute Gasteiger partial charge is 0.130 e. The topological polar surface area (TPSA) is 8.17 Å². The van der Waals surface area contributed by atoms with Crippen molar-refractivity contribution < 1.29 is 4.39 Å². The maximum absolute atomic E-state index is 14.2. The molecule has 25 heavy (non-hydrogen) atoms. The number of benzene rings is 2. The lowest BCUT2D eigenvalue weighted by Crippen LogP contribution is -2.26. The molecule has 0 radical (unpaired) electrons. The van der Waals surface area contributed by atoms with Gasteiger partial charge in [-0.1, -0.05) is 29.8 Å². The Kier molecular flexibility index (Phi) is 4.14. The van der Waals surface area contributed by atoms with Gasteiger partial charge in [0.15, 0.2) is 0 Å². The van der Waals surface area contributed by atoms with Crippen LogP contribution in [0.3, 0.4) is 0 Å². The van der Waals surface area contributed by atoms with E-state index in [1.165, 1.54) is 22.7 Å². The van der Waals surface area contributed by atoms with Crippen molar-refractivity contribution in [2.45, 2.75) is 19.9 Å². The van der Waals surface area contributed by atoms with Crippen molar-refractivity contribution >= 4 is 34.3 Å². The van der Waals surface area contributed by atoms with Gasteiger partial charge >= 0.3 is 0 Å². The van der Waals surface area contributed by atoms with Gasteiger partial charge in [0.1, 0.15) is 5.82 Å². The molecule has 0 bridgehead atoms. The van der Waals surface area contributed by atoms with Crippen molar-refractivity contribution in [1.29, 1.82) is 0 Å². The molecule has 2 nitrogen and oxygen atoms in total. The van der Waals surface area contributed by atoms with E-state index in [1.807, 2.05) is 31.2 Å². The van der Waals surface area contributed by atoms with Gasteiger partial charge in [-0.2, -0.15) is 0 Å². The average molecular weight is 355 g/mol. The second kappa shape index (κ2) is 6.32. The molecule has 2 heterocycles. The molecule has 0 saturated carbocycles. The number of hydrogen-bond donors (Lipinski definition) is 0. The Morgan fingerprint density at radius 1 is 1.20 bits per heavy atom. The van der Waals surface area contributed by atoms with Gasteiger partial charge in [0.2, 0.25) is 0 Å². The molecule has 4 heteroatoms. The molecule has 1 aromatic heterocycles. The summed E-state index contributed by atoms with van der Waals surface area (Å²) in [7, 11) is 2.14. The van der Waals surface area contributed by atoms with Crippen LogP contribution in [-0.4, -0.2) is 23.1 Å². The fraction of sp³-hybridized carbons (Fsp3) is 0.238. The lowest BCUT2D eigenvalue weighted by molar-refractivity contribution is 0.312. The summed E-state index contributed by atoms with van der Waals surface area (Å²) < 4.78 is 16.4. The highest BCUT2D eigenvalue weighted by Gasteiger charge is 2.22. The lowest BCUT2D eigenvalue weighted by atomic mass is 10.0. The maximum Gasteiger partial charge on any atom is 0.130 e. The highest BCUT2D eigenvalue weighted by Crippen LogP contribution is 2.33. The number of likely N-dealkylation sites (N-methyl/N-ethyl adjacent to an activating group) is 1. The van der Waals surface area contributed by atoms with E-state index in [0.29, 0.717) is 5.56 Å². The molecule has 128 valence electrons. The second-order valence-corrected chi connectivity index (χ2v) is 7.17. The number of hydrogen-bond acceptors (Lipinski definition) is 1. The molecule has 0 aliphatic carbocycles. The fourth-order valence-corrected chi connectivity index (χ4v) is 3.86. The summed E-state index contributed by atoms with van der Waals surface area (Å²) in [4.78, 5) is 2.32. The minimum atomic E-state index is -0.190. The van der Waals surface area contributed by atoms with Gasteiger partial charge in [-0.3, -0.25) is 0 Å². The third-order valence-electron chi connectivity index (χ3n) is 4.96. The first-order valence-electron chi connectivity index (χ1n) is 8.47. The van der Waals surface area contributed by atoms with E-state index in [-0.39, 0.29) is 5.82 Å². The molecule has 2 aromatic carbocycles. The van der Waals surface area contributed by atoms with Crippen LogP contribution in [0.15, 0.2) is 42.5 Å². The van der Waals surface area contributed by atoms with Crippen LogP contribution in [0.2, 0.25) is 5.02 Å². The molecule has 0 N–H and O–H groups in total. The minimum absolute atomic E-state index is 0.190. The summed E-state index contributed by atoms with van der Waals surface area (Å²) in [6, 6.07) is 12.9. The molecule has 0 amide bonds. The number of allylic oxidation sites excluding steroid dienone is 1. The molecule has 1 aliphatic heterocycles. The fourth-order valence-electron chi connectivity index (χ4n) is 3.69. The van der Waals surface area contributed by atoms with E-state index in [2.05, 4.69) is 28.8 Å². The van der Waals surface area contributed by atoms with E-state index in [1.54, 1.807) is 6.07 Å². The number of fused-ring (bicyclic) bond motifs is 3. The van der Waals surface area contributed by atoms with Crippen molar-refractivity contribution in [3.8, 4) is 0 Å². The van der Waals surface area contributed by atoms with Crippen molar-refractivity contribution in [2.24, 2.45) is 0 Å². The molecule has 1 aliphatic rings. The molecular weight excluding hydrogens is 335 g/mol. The normalized spacial score (nSPS) is 15.6. The van der Waals surface area contributed by atoms with Crippen LogP contribution in [0.25, 0.3) is 22.7 Å². The van der Waals surface area contributed by atoms with Crippen LogP contribution in [0.4, 0.5) is 4.39 Å². The Morgan fingerprint density at radius 2 is 2.00 bits per heavy atom. The Balaban J connectivity index is 1.93. The highest BCUT2D eigenvalue weighted by atomic mass is 35.5. The monoisotopic (exact) mass is 354 g/mol. The third-order valence-corrected chi connectivity index (χ3v) is 5.20. The molecule has 0 atom stereocenters. The summed E-state index contributed by atoms with van der Waals surface area (Å²) in [5, 5.41) is 1.93. The molecule has 3 aromatic rings. The molecular formula is C21H20ClFN2. The van der Waals surface area contributed by atoms with Gasteiger partial charge in [0, 0.05) is 47.4 Å². The minimum Gasteiger partial charge on any atom is -0.320 e. The van der Waals surface area contributed by atoms with Crippen molar-refractivity contribution in [3.63, 3.8) is 0 Å².